The van der Waals surface area contributed by atoms with Crippen LogP contribution >= 0.6 is 0 Å². The van der Waals surface area contributed by atoms with E-state index in [-0.39, 0.29) is 5.92 Å². The Balaban J connectivity index is 1.55. The molecule has 2 aliphatic rings. The second-order valence-electron chi connectivity index (χ2n) is 10.1. The molecule has 2 heterocycles. The third kappa shape index (κ3) is 6.46. The number of carbonyl (C=O) groups is 1. The van der Waals surface area contributed by atoms with Crippen LogP contribution in [0.1, 0.15) is 62.6 Å². The predicted octanol–water partition coefficient (Wildman–Crippen LogP) is 3.76. The third-order valence-electron chi connectivity index (χ3n) is 7.33. The molecule has 2 aliphatic heterocycles. The number of nitrogens with zero attached hydrogens (tertiary/aromatic N) is 1. The molecule has 2 fully saturated rings. The number of hydrogen-bond donors (Lipinski definition) is 3. The van der Waals surface area contributed by atoms with Gasteiger partial charge in [-0.25, -0.2) is 0 Å². The standard InChI is InChI=1S/C27H42N4O/c1-20(2)25(28)24(26(29)32)18-23-9-8-22(17-21(23)3)7-4-5-15-31-16-6-10-27(19-31)11-13-30-14-12-27/h4,7-9,17,20,30H,5-6,10-16,18-19,28H2,1-3H3,(H2,29,32)/b7-4+,25-24-. The molecule has 0 aromatic heterocycles. The van der Waals surface area contributed by atoms with Gasteiger partial charge in [0.25, 0.3) is 0 Å². The van der Waals surface area contributed by atoms with E-state index in [1.807, 2.05) is 13.8 Å². The number of nitrogens with one attached hydrogen (secondary N) is 1. The molecule has 32 heavy (non-hydrogen) atoms. The summed E-state index contributed by atoms with van der Waals surface area (Å²) in [4.78, 5) is 14.6. The van der Waals surface area contributed by atoms with Crippen molar-refractivity contribution in [3.05, 3.63) is 52.2 Å². The molecule has 0 aliphatic carbocycles. The largest absolute Gasteiger partial charge is 0.401 e. The fraction of sp³-hybridized carbons (Fsp3) is 0.593. The fourth-order valence-electron chi connectivity index (χ4n) is 5.23. The van der Waals surface area contributed by atoms with Crippen molar-refractivity contribution < 1.29 is 4.79 Å². The van der Waals surface area contributed by atoms with E-state index in [0.717, 1.165) is 24.1 Å². The molecule has 176 valence electrons. The summed E-state index contributed by atoms with van der Waals surface area (Å²) in [5.41, 5.74) is 16.9. The Morgan fingerprint density at radius 1 is 1.22 bits per heavy atom. The number of nitrogens with two attached hydrogens (primary N) is 2. The predicted molar refractivity (Wildman–Crippen MR) is 134 cm³/mol. The van der Waals surface area contributed by atoms with Crippen molar-refractivity contribution >= 4 is 12.0 Å². The normalized spacial score (nSPS) is 20.1. The first-order valence-electron chi connectivity index (χ1n) is 12.3. The zero-order valence-corrected chi connectivity index (χ0v) is 20.3. The summed E-state index contributed by atoms with van der Waals surface area (Å²) in [5.74, 6) is -0.326. The van der Waals surface area contributed by atoms with Gasteiger partial charge in [-0.3, -0.25) is 4.79 Å². The molecule has 3 rings (SSSR count). The van der Waals surface area contributed by atoms with E-state index in [0.29, 0.717) is 23.1 Å². The smallest absolute Gasteiger partial charge is 0.246 e. The van der Waals surface area contributed by atoms with Crippen LogP contribution in [0.25, 0.3) is 6.08 Å². The van der Waals surface area contributed by atoms with E-state index in [9.17, 15) is 4.79 Å². The molecule has 0 saturated carbocycles. The lowest BCUT2D eigenvalue weighted by Gasteiger charge is -2.45. The number of hydrogen-bond acceptors (Lipinski definition) is 4. The number of primary amides is 1. The Kier molecular flexibility index (Phi) is 8.55. The van der Waals surface area contributed by atoms with Crippen LogP contribution in [0.5, 0.6) is 0 Å². The molecular formula is C27H42N4O. The molecule has 1 aromatic rings. The average Bonchev–Trinajstić information content (AvgIpc) is 2.76. The van der Waals surface area contributed by atoms with Crippen molar-refractivity contribution in [3.63, 3.8) is 0 Å². The molecular weight excluding hydrogens is 396 g/mol. The van der Waals surface area contributed by atoms with Crippen molar-refractivity contribution in [2.75, 3.05) is 32.7 Å². The van der Waals surface area contributed by atoms with E-state index in [4.69, 9.17) is 11.5 Å². The highest BCUT2D eigenvalue weighted by molar-refractivity contribution is 5.93. The minimum Gasteiger partial charge on any atom is -0.401 e. The van der Waals surface area contributed by atoms with Crippen LogP contribution in [0.3, 0.4) is 0 Å². The second-order valence-corrected chi connectivity index (χ2v) is 10.1. The summed E-state index contributed by atoms with van der Waals surface area (Å²) in [6, 6.07) is 6.39. The molecule has 1 spiro atoms. The number of rotatable bonds is 8. The molecule has 2 saturated heterocycles. The fourth-order valence-corrected chi connectivity index (χ4v) is 5.23. The molecule has 5 heteroatoms. The molecule has 1 aromatic carbocycles. The molecule has 5 nitrogen and oxygen atoms in total. The summed E-state index contributed by atoms with van der Waals surface area (Å²) in [6.07, 6.45) is 11.5. The van der Waals surface area contributed by atoms with Gasteiger partial charge in [-0.15, -0.1) is 0 Å². The maximum Gasteiger partial charge on any atom is 0.246 e. The first-order valence-corrected chi connectivity index (χ1v) is 12.3. The number of carbonyl (C=O) groups excluding carboxylic acids is 1. The molecule has 0 unspecified atom stereocenters. The van der Waals surface area contributed by atoms with Gasteiger partial charge >= 0.3 is 0 Å². The van der Waals surface area contributed by atoms with Gasteiger partial charge in [0, 0.05) is 30.8 Å². The summed E-state index contributed by atoms with van der Waals surface area (Å²) < 4.78 is 0. The maximum absolute atomic E-state index is 11.9. The van der Waals surface area contributed by atoms with Crippen LogP contribution in [0.4, 0.5) is 0 Å². The number of likely N-dealkylation sites (tertiary alicyclic amines) is 1. The average molecular weight is 439 g/mol. The Bertz CT molecular complexity index is 844. The quantitative estimate of drug-likeness (QED) is 0.540. The molecule has 0 atom stereocenters. The van der Waals surface area contributed by atoms with E-state index < -0.39 is 5.91 Å². The minimum atomic E-state index is -0.427. The van der Waals surface area contributed by atoms with Gasteiger partial charge < -0.3 is 21.7 Å². The van der Waals surface area contributed by atoms with Crippen LogP contribution < -0.4 is 16.8 Å². The highest BCUT2D eigenvalue weighted by atomic mass is 16.1. The SMILES string of the molecule is Cc1cc(/C=C/CCN2CCCC3(CCNCC3)C2)ccc1C/C(C(N)=O)=C(/N)C(C)C. The van der Waals surface area contributed by atoms with Gasteiger partial charge in [-0.2, -0.15) is 0 Å². The Morgan fingerprint density at radius 2 is 1.97 bits per heavy atom. The van der Waals surface area contributed by atoms with E-state index in [1.165, 1.54) is 57.4 Å². The molecule has 5 N–H and O–H groups in total. The van der Waals surface area contributed by atoms with Crippen molar-refractivity contribution in [1.82, 2.24) is 10.2 Å². The van der Waals surface area contributed by atoms with Crippen LogP contribution in [0, 0.1) is 18.3 Å². The van der Waals surface area contributed by atoms with Crippen molar-refractivity contribution in [3.8, 4) is 0 Å². The number of benzene rings is 1. The summed E-state index contributed by atoms with van der Waals surface area (Å²) in [5, 5.41) is 3.51. The van der Waals surface area contributed by atoms with Gasteiger partial charge in [0.2, 0.25) is 5.91 Å². The summed E-state index contributed by atoms with van der Waals surface area (Å²) in [6.45, 7) is 12.1. The van der Waals surface area contributed by atoms with Gasteiger partial charge in [-0.05, 0) is 86.7 Å². The summed E-state index contributed by atoms with van der Waals surface area (Å²) in [7, 11) is 0. The van der Waals surface area contributed by atoms with Gasteiger partial charge in [0.1, 0.15) is 0 Å². The van der Waals surface area contributed by atoms with E-state index in [1.54, 1.807) is 0 Å². The number of piperidine rings is 2. The first-order chi connectivity index (χ1) is 15.3. The minimum absolute atomic E-state index is 0.101. The highest BCUT2D eigenvalue weighted by Crippen LogP contribution is 2.38. The van der Waals surface area contributed by atoms with Crippen molar-refractivity contribution in [2.24, 2.45) is 22.8 Å². The molecule has 1 amide bonds. The lowest BCUT2D eigenvalue weighted by atomic mass is 9.73. The highest BCUT2D eigenvalue weighted by Gasteiger charge is 2.35. The molecule has 0 bridgehead atoms. The topological polar surface area (TPSA) is 84.4 Å². The zero-order chi connectivity index (χ0) is 23.1. The Morgan fingerprint density at radius 3 is 2.62 bits per heavy atom. The zero-order valence-electron chi connectivity index (χ0n) is 20.3. The van der Waals surface area contributed by atoms with Crippen LogP contribution in [0.15, 0.2) is 35.5 Å². The Labute approximate surface area is 194 Å². The lowest BCUT2D eigenvalue weighted by Crippen LogP contribution is -2.48. The maximum atomic E-state index is 11.9. The van der Waals surface area contributed by atoms with E-state index in [2.05, 4.69) is 47.5 Å². The number of allylic oxidation sites excluding steroid dienone is 1. The Hall–Kier alpha value is -2.11. The van der Waals surface area contributed by atoms with Crippen molar-refractivity contribution in [2.45, 2.75) is 59.3 Å². The monoisotopic (exact) mass is 438 g/mol. The number of amides is 1. The van der Waals surface area contributed by atoms with Gasteiger partial charge in [0.05, 0.1) is 0 Å². The summed E-state index contributed by atoms with van der Waals surface area (Å²) >= 11 is 0. The van der Waals surface area contributed by atoms with Gasteiger partial charge in [0.15, 0.2) is 0 Å². The van der Waals surface area contributed by atoms with Crippen LogP contribution in [-0.2, 0) is 11.2 Å². The second kappa shape index (κ2) is 11.2. The lowest BCUT2D eigenvalue weighted by molar-refractivity contribution is -0.114. The van der Waals surface area contributed by atoms with E-state index >= 15 is 0 Å². The molecule has 0 radical (unpaired) electrons. The van der Waals surface area contributed by atoms with Crippen molar-refractivity contribution in [1.29, 1.82) is 0 Å². The third-order valence-corrected chi connectivity index (χ3v) is 7.33. The van der Waals surface area contributed by atoms with Crippen LogP contribution in [0.2, 0.25) is 0 Å². The van der Waals surface area contributed by atoms with Gasteiger partial charge in [-0.1, -0.05) is 44.2 Å². The number of aryl methyl sites for hydroxylation is 1. The first kappa shape index (κ1) is 24.5. The van der Waals surface area contributed by atoms with Crippen LogP contribution in [-0.4, -0.2) is 43.5 Å².